The Kier molecular flexibility index (Phi) is 4.73. The highest BCUT2D eigenvalue weighted by Crippen LogP contribution is 2.18. The smallest absolute Gasteiger partial charge is 0.241 e. The molecule has 0 amide bonds. The van der Waals surface area contributed by atoms with Gasteiger partial charge >= 0.3 is 0 Å². The average Bonchev–Trinajstić information content (AvgIpc) is 2.47. The van der Waals surface area contributed by atoms with Gasteiger partial charge in [-0.3, -0.25) is 4.79 Å². The summed E-state index contributed by atoms with van der Waals surface area (Å²) in [5.74, 6) is -0.586. The van der Waals surface area contributed by atoms with Crippen LogP contribution in [0.15, 0.2) is 53.4 Å². The van der Waals surface area contributed by atoms with Crippen molar-refractivity contribution >= 4 is 15.8 Å². The summed E-state index contributed by atoms with van der Waals surface area (Å²) in [7, 11) is -3.77. The molecule has 2 aromatic rings. The first kappa shape index (κ1) is 16.3. The van der Waals surface area contributed by atoms with Gasteiger partial charge in [-0.05, 0) is 43.7 Å². The number of hydrogen-bond acceptors (Lipinski definition) is 3. The highest BCUT2D eigenvalue weighted by Gasteiger charge is 2.19. The monoisotopic (exact) mass is 321 g/mol. The number of carbonyl (C=O) groups excluding carboxylic acids is 1. The van der Waals surface area contributed by atoms with Crippen LogP contribution in [0.2, 0.25) is 0 Å². The van der Waals surface area contributed by atoms with Crippen molar-refractivity contribution in [2.75, 3.05) is 0 Å². The van der Waals surface area contributed by atoms with E-state index in [1.54, 1.807) is 13.0 Å². The maximum absolute atomic E-state index is 12.9. The zero-order chi connectivity index (χ0) is 16.3. The topological polar surface area (TPSA) is 63.2 Å². The van der Waals surface area contributed by atoms with Gasteiger partial charge in [0, 0.05) is 11.6 Å². The van der Waals surface area contributed by atoms with Gasteiger partial charge in [0.15, 0.2) is 5.78 Å². The Morgan fingerprint density at radius 2 is 1.77 bits per heavy atom. The molecule has 0 aromatic heterocycles. The lowest BCUT2D eigenvalue weighted by Gasteiger charge is -2.15. The molecule has 22 heavy (non-hydrogen) atoms. The van der Waals surface area contributed by atoms with E-state index in [1.165, 1.54) is 49.4 Å². The van der Waals surface area contributed by atoms with Gasteiger partial charge in [0.1, 0.15) is 5.82 Å². The number of hydrogen-bond donors (Lipinski definition) is 1. The molecule has 116 valence electrons. The molecule has 6 heteroatoms. The van der Waals surface area contributed by atoms with E-state index in [-0.39, 0.29) is 16.5 Å². The largest absolute Gasteiger partial charge is 0.295 e. The second-order valence-corrected chi connectivity index (χ2v) is 6.69. The molecule has 0 saturated carbocycles. The van der Waals surface area contributed by atoms with Crippen LogP contribution in [-0.4, -0.2) is 14.2 Å². The minimum Gasteiger partial charge on any atom is -0.295 e. The van der Waals surface area contributed by atoms with Crippen molar-refractivity contribution in [3.63, 3.8) is 0 Å². The molecular formula is C16H16FNO3S. The Morgan fingerprint density at radius 1 is 1.14 bits per heavy atom. The summed E-state index contributed by atoms with van der Waals surface area (Å²) in [4.78, 5) is 11.4. The van der Waals surface area contributed by atoms with Crippen LogP contribution in [-0.2, 0) is 10.0 Å². The molecule has 0 aliphatic carbocycles. The van der Waals surface area contributed by atoms with E-state index < -0.39 is 16.1 Å². The number of carbonyl (C=O) groups is 1. The highest BCUT2D eigenvalue weighted by atomic mass is 32.2. The normalized spacial score (nSPS) is 12.9. The van der Waals surface area contributed by atoms with Crippen molar-refractivity contribution < 1.29 is 17.6 Å². The van der Waals surface area contributed by atoms with Crippen molar-refractivity contribution in [1.29, 1.82) is 0 Å². The van der Waals surface area contributed by atoms with Crippen LogP contribution in [0.25, 0.3) is 0 Å². The molecule has 0 radical (unpaired) electrons. The van der Waals surface area contributed by atoms with Gasteiger partial charge in [-0.1, -0.05) is 24.3 Å². The van der Waals surface area contributed by atoms with E-state index in [1.807, 2.05) is 0 Å². The first-order valence-corrected chi connectivity index (χ1v) is 8.17. The van der Waals surface area contributed by atoms with Gasteiger partial charge in [0.2, 0.25) is 10.0 Å². The second kappa shape index (κ2) is 6.37. The number of sulfonamides is 1. The molecule has 0 bridgehead atoms. The number of benzene rings is 2. The first-order chi connectivity index (χ1) is 10.3. The molecule has 1 N–H and O–H groups in total. The third-order valence-corrected chi connectivity index (χ3v) is 4.79. The fourth-order valence-corrected chi connectivity index (χ4v) is 3.28. The lowest BCUT2D eigenvalue weighted by Crippen LogP contribution is -2.27. The Morgan fingerprint density at radius 3 is 2.36 bits per heavy atom. The molecule has 0 aliphatic rings. The van der Waals surface area contributed by atoms with Crippen LogP contribution in [0, 0.1) is 5.82 Å². The lowest BCUT2D eigenvalue weighted by molar-refractivity contribution is 0.101. The van der Waals surface area contributed by atoms with Gasteiger partial charge in [-0.25, -0.2) is 17.5 Å². The SMILES string of the molecule is CC(=O)c1cccc(S(=O)(=O)NC(C)c2ccc(F)cc2)c1. The van der Waals surface area contributed by atoms with Crippen LogP contribution < -0.4 is 4.72 Å². The highest BCUT2D eigenvalue weighted by molar-refractivity contribution is 7.89. The summed E-state index contributed by atoms with van der Waals surface area (Å²) in [6.07, 6.45) is 0. The van der Waals surface area contributed by atoms with Crippen molar-refractivity contribution in [3.8, 4) is 0 Å². The van der Waals surface area contributed by atoms with Crippen LogP contribution in [0.1, 0.15) is 35.8 Å². The average molecular weight is 321 g/mol. The Balaban J connectivity index is 2.25. The van der Waals surface area contributed by atoms with Crippen LogP contribution >= 0.6 is 0 Å². The summed E-state index contributed by atoms with van der Waals surface area (Å²) in [6.45, 7) is 3.04. The molecule has 0 spiro atoms. The summed E-state index contributed by atoms with van der Waals surface area (Å²) in [5.41, 5.74) is 0.977. The van der Waals surface area contributed by atoms with Crippen molar-refractivity contribution in [1.82, 2.24) is 4.72 Å². The van der Waals surface area contributed by atoms with E-state index >= 15 is 0 Å². The Labute approximate surface area is 129 Å². The molecular weight excluding hydrogens is 305 g/mol. The number of halogens is 1. The fourth-order valence-electron chi connectivity index (χ4n) is 2.00. The van der Waals surface area contributed by atoms with Crippen molar-refractivity contribution in [2.45, 2.75) is 24.8 Å². The van der Waals surface area contributed by atoms with Gasteiger partial charge in [0.05, 0.1) is 4.90 Å². The molecule has 4 nitrogen and oxygen atoms in total. The maximum Gasteiger partial charge on any atom is 0.241 e. The Bertz CT molecular complexity index is 785. The molecule has 0 saturated heterocycles. The maximum atomic E-state index is 12.9. The summed E-state index contributed by atoms with van der Waals surface area (Å²) >= 11 is 0. The third-order valence-electron chi connectivity index (χ3n) is 3.25. The number of nitrogens with one attached hydrogen (secondary N) is 1. The second-order valence-electron chi connectivity index (χ2n) is 4.98. The van der Waals surface area contributed by atoms with Crippen LogP contribution in [0.4, 0.5) is 4.39 Å². The molecule has 1 atom stereocenters. The van der Waals surface area contributed by atoms with Gasteiger partial charge in [-0.2, -0.15) is 0 Å². The van der Waals surface area contributed by atoms with Gasteiger partial charge < -0.3 is 0 Å². The molecule has 1 unspecified atom stereocenters. The molecule has 0 aliphatic heterocycles. The van der Waals surface area contributed by atoms with E-state index in [0.717, 1.165) is 0 Å². The number of rotatable bonds is 5. The minimum absolute atomic E-state index is 0.0224. The summed E-state index contributed by atoms with van der Waals surface area (Å²) < 4.78 is 40.1. The fraction of sp³-hybridized carbons (Fsp3) is 0.188. The van der Waals surface area contributed by atoms with E-state index in [0.29, 0.717) is 11.1 Å². The minimum atomic E-state index is -3.77. The number of Topliss-reactive ketones (excluding diaryl/α,β-unsaturated/α-hetero) is 1. The first-order valence-electron chi connectivity index (χ1n) is 6.68. The van der Waals surface area contributed by atoms with Crippen molar-refractivity contribution in [3.05, 3.63) is 65.5 Å². The molecule has 2 rings (SSSR count). The standard InChI is InChI=1S/C16H16FNO3S/c1-11(13-6-8-15(17)9-7-13)18-22(20,21)16-5-3-4-14(10-16)12(2)19/h3-11,18H,1-2H3. The van der Waals surface area contributed by atoms with Crippen molar-refractivity contribution in [2.24, 2.45) is 0 Å². The summed E-state index contributed by atoms with van der Waals surface area (Å²) in [5, 5.41) is 0. The quantitative estimate of drug-likeness (QED) is 0.861. The van der Waals surface area contributed by atoms with E-state index in [4.69, 9.17) is 0 Å². The van der Waals surface area contributed by atoms with E-state index in [9.17, 15) is 17.6 Å². The van der Waals surface area contributed by atoms with Gasteiger partial charge in [-0.15, -0.1) is 0 Å². The number of ketones is 1. The van der Waals surface area contributed by atoms with Crippen LogP contribution in [0.3, 0.4) is 0 Å². The van der Waals surface area contributed by atoms with Gasteiger partial charge in [0.25, 0.3) is 0 Å². The third kappa shape index (κ3) is 3.78. The van der Waals surface area contributed by atoms with Crippen LogP contribution in [0.5, 0.6) is 0 Å². The van der Waals surface area contributed by atoms with E-state index in [2.05, 4.69) is 4.72 Å². The molecule has 0 fully saturated rings. The Hall–Kier alpha value is -2.05. The lowest BCUT2D eigenvalue weighted by atomic mass is 10.1. The molecule has 0 heterocycles. The zero-order valence-corrected chi connectivity index (χ0v) is 13.0. The predicted molar refractivity (Wildman–Crippen MR) is 81.6 cm³/mol. The summed E-state index contributed by atoms with van der Waals surface area (Å²) in [6, 6.07) is 10.9. The molecule has 2 aromatic carbocycles. The zero-order valence-electron chi connectivity index (χ0n) is 12.2. The predicted octanol–water partition coefficient (Wildman–Crippen LogP) is 3.07.